The molecule has 0 bridgehead atoms. The van der Waals surface area contributed by atoms with Crippen molar-refractivity contribution in [2.45, 2.75) is 0 Å². The first kappa shape index (κ1) is 19.5. The molecule has 0 atom stereocenters. The fourth-order valence-corrected chi connectivity index (χ4v) is 6.15. The minimum atomic E-state index is 0.848. The highest BCUT2D eigenvalue weighted by Crippen LogP contribution is 2.41. The second kappa shape index (κ2) is 7.09. The maximum absolute atomic E-state index is 6.28. The Bertz CT molecular complexity index is 2130. The van der Waals surface area contributed by atoms with Gasteiger partial charge in [-0.15, -0.1) is 0 Å². The molecule has 0 spiro atoms. The van der Waals surface area contributed by atoms with Crippen LogP contribution in [0.5, 0.6) is 0 Å². The highest BCUT2D eigenvalue weighted by molar-refractivity contribution is 14.1. The molecule has 8 rings (SSSR count). The zero-order chi connectivity index (χ0) is 23.1. The number of halogens is 1. The highest BCUT2D eigenvalue weighted by Gasteiger charge is 2.16. The number of fused-ring (bicyclic) bond motifs is 9. The SMILES string of the molecule is Ic1ccc(-c2ccc3oc4cc5oc6ccc7ccccc7c6c5cc4c3c2)c2ccccc12. The van der Waals surface area contributed by atoms with E-state index < -0.39 is 0 Å². The second-order valence-electron chi connectivity index (χ2n) is 9.06. The molecule has 0 amide bonds. The highest BCUT2D eigenvalue weighted by atomic mass is 127. The van der Waals surface area contributed by atoms with Gasteiger partial charge in [0, 0.05) is 31.2 Å². The Morgan fingerprint density at radius 1 is 0.457 bits per heavy atom. The molecule has 8 aromatic rings. The molecule has 0 radical (unpaired) electrons. The molecular formula is C32H17IO2. The number of hydrogen-bond donors (Lipinski definition) is 0. The van der Waals surface area contributed by atoms with Crippen molar-refractivity contribution in [2.75, 3.05) is 0 Å². The number of benzene rings is 6. The Kier molecular flexibility index (Phi) is 3.95. The molecule has 3 heteroatoms. The fourth-order valence-electron chi connectivity index (χ4n) is 5.50. The molecule has 0 N–H and O–H groups in total. The molecule has 0 fully saturated rings. The summed E-state index contributed by atoms with van der Waals surface area (Å²) in [6, 6.07) is 36.5. The maximum atomic E-state index is 6.28. The third-order valence-electron chi connectivity index (χ3n) is 7.13. The van der Waals surface area contributed by atoms with E-state index in [1.165, 1.54) is 36.2 Å². The van der Waals surface area contributed by atoms with Gasteiger partial charge in [0.2, 0.25) is 0 Å². The van der Waals surface area contributed by atoms with E-state index >= 15 is 0 Å². The Morgan fingerprint density at radius 2 is 1.17 bits per heavy atom. The minimum absolute atomic E-state index is 0.848. The standard InChI is InChI=1S/C32H17IO2/c33-27-12-11-20(22-7-3-4-8-23(22)27)19-10-13-28-24(15-19)25-16-26-31(17-30(25)34-28)35-29-14-9-18-5-1-2-6-21(18)32(26)29/h1-17H. The van der Waals surface area contributed by atoms with E-state index in [1.54, 1.807) is 0 Å². The quantitative estimate of drug-likeness (QED) is 0.187. The van der Waals surface area contributed by atoms with E-state index in [1.807, 2.05) is 6.07 Å². The molecule has 0 saturated carbocycles. The largest absolute Gasteiger partial charge is 0.456 e. The zero-order valence-corrected chi connectivity index (χ0v) is 20.7. The summed E-state index contributed by atoms with van der Waals surface area (Å²) >= 11 is 2.41. The van der Waals surface area contributed by atoms with Gasteiger partial charge >= 0.3 is 0 Å². The van der Waals surface area contributed by atoms with Gasteiger partial charge in [0.05, 0.1) is 0 Å². The topological polar surface area (TPSA) is 26.3 Å². The van der Waals surface area contributed by atoms with Gasteiger partial charge < -0.3 is 8.83 Å². The van der Waals surface area contributed by atoms with Crippen LogP contribution in [0.2, 0.25) is 0 Å². The van der Waals surface area contributed by atoms with Gasteiger partial charge in [-0.2, -0.15) is 0 Å². The van der Waals surface area contributed by atoms with E-state index in [-0.39, 0.29) is 0 Å². The average molecular weight is 560 g/mol. The van der Waals surface area contributed by atoms with Crippen molar-refractivity contribution in [2.24, 2.45) is 0 Å². The molecule has 0 aliphatic rings. The molecular weight excluding hydrogens is 543 g/mol. The van der Waals surface area contributed by atoms with Gasteiger partial charge in [0.15, 0.2) is 0 Å². The molecule has 2 aromatic heterocycles. The molecule has 35 heavy (non-hydrogen) atoms. The van der Waals surface area contributed by atoms with Crippen LogP contribution in [0, 0.1) is 3.57 Å². The Balaban J connectivity index is 1.44. The molecule has 0 saturated heterocycles. The fraction of sp³-hybridized carbons (Fsp3) is 0. The van der Waals surface area contributed by atoms with E-state index in [0.717, 1.165) is 43.9 Å². The third-order valence-corrected chi connectivity index (χ3v) is 8.07. The molecule has 0 aliphatic heterocycles. The van der Waals surface area contributed by atoms with Crippen molar-refractivity contribution in [3.8, 4) is 11.1 Å². The molecule has 0 aliphatic carbocycles. The van der Waals surface area contributed by atoms with Gasteiger partial charge in [-0.05, 0) is 85.6 Å². The van der Waals surface area contributed by atoms with Crippen molar-refractivity contribution in [3.05, 3.63) is 107 Å². The van der Waals surface area contributed by atoms with Crippen LogP contribution in [0.25, 0.3) is 76.5 Å². The van der Waals surface area contributed by atoms with Crippen molar-refractivity contribution in [1.82, 2.24) is 0 Å². The first-order valence-electron chi connectivity index (χ1n) is 11.6. The van der Waals surface area contributed by atoms with Crippen LogP contribution in [-0.4, -0.2) is 0 Å². The summed E-state index contributed by atoms with van der Waals surface area (Å²) in [5.41, 5.74) is 5.92. The van der Waals surface area contributed by atoms with Crippen molar-refractivity contribution in [1.29, 1.82) is 0 Å². The van der Waals surface area contributed by atoms with Crippen molar-refractivity contribution < 1.29 is 8.83 Å². The maximum Gasteiger partial charge on any atom is 0.139 e. The lowest BCUT2D eigenvalue weighted by Crippen LogP contribution is -1.84. The number of furan rings is 2. The first-order valence-corrected chi connectivity index (χ1v) is 12.7. The Labute approximate surface area is 213 Å². The van der Waals surface area contributed by atoms with Crippen LogP contribution >= 0.6 is 22.6 Å². The normalized spacial score (nSPS) is 12.1. The lowest BCUT2D eigenvalue weighted by molar-refractivity contribution is 0.656. The van der Waals surface area contributed by atoms with Crippen molar-refractivity contribution >= 4 is 88.0 Å². The average Bonchev–Trinajstić information content (AvgIpc) is 3.44. The van der Waals surface area contributed by atoms with Gasteiger partial charge in [-0.1, -0.05) is 66.7 Å². The van der Waals surface area contributed by atoms with Gasteiger partial charge in [0.25, 0.3) is 0 Å². The van der Waals surface area contributed by atoms with Crippen molar-refractivity contribution in [3.63, 3.8) is 0 Å². The molecule has 0 unspecified atom stereocenters. The van der Waals surface area contributed by atoms with Crippen LogP contribution in [0.1, 0.15) is 0 Å². The van der Waals surface area contributed by atoms with Crippen LogP contribution < -0.4 is 0 Å². The predicted octanol–water partition coefficient (Wildman–Crippen LogP) is 10.1. The molecule has 2 heterocycles. The van der Waals surface area contributed by atoms with Gasteiger partial charge in [-0.3, -0.25) is 0 Å². The van der Waals surface area contributed by atoms with Crippen LogP contribution in [0.3, 0.4) is 0 Å². The molecule has 164 valence electrons. The van der Waals surface area contributed by atoms with Crippen LogP contribution in [0.15, 0.2) is 112 Å². The van der Waals surface area contributed by atoms with E-state index in [2.05, 4.69) is 120 Å². The summed E-state index contributed by atoms with van der Waals surface area (Å²) in [5.74, 6) is 0. The summed E-state index contributed by atoms with van der Waals surface area (Å²) in [6.07, 6.45) is 0. The monoisotopic (exact) mass is 560 g/mol. The van der Waals surface area contributed by atoms with Gasteiger partial charge in [-0.25, -0.2) is 0 Å². The summed E-state index contributed by atoms with van der Waals surface area (Å²) < 4.78 is 13.8. The smallest absolute Gasteiger partial charge is 0.139 e. The predicted molar refractivity (Wildman–Crippen MR) is 154 cm³/mol. The summed E-state index contributed by atoms with van der Waals surface area (Å²) in [5, 5.41) is 9.49. The minimum Gasteiger partial charge on any atom is -0.456 e. The number of hydrogen-bond acceptors (Lipinski definition) is 2. The Hall–Kier alpha value is -3.83. The molecule has 6 aromatic carbocycles. The summed E-state index contributed by atoms with van der Waals surface area (Å²) in [4.78, 5) is 0. The molecule has 2 nitrogen and oxygen atoms in total. The lowest BCUT2D eigenvalue weighted by Gasteiger charge is -2.09. The van der Waals surface area contributed by atoms with Crippen LogP contribution in [-0.2, 0) is 0 Å². The lowest BCUT2D eigenvalue weighted by atomic mass is 9.97. The van der Waals surface area contributed by atoms with E-state index in [0.29, 0.717) is 0 Å². The third kappa shape index (κ3) is 2.76. The zero-order valence-electron chi connectivity index (χ0n) is 18.5. The van der Waals surface area contributed by atoms with E-state index in [9.17, 15) is 0 Å². The first-order chi connectivity index (χ1) is 17.2. The summed E-state index contributed by atoms with van der Waals surface area (Å²) in [6.45, 7) is 0. The Morgan fingerprint density at radius 3 is 2.09 bits per heavy atom. The van der Waals surface area contributed by atoms with Crippen LogP contribution in [0.4, 0.5) is 0 Å². The van der Waals surface area contributed by atoms with E-state index in [4.69, 9.17) is 8.83 Å². The van der Waals surface area contributed by atoms with Gasteiger partial charge in [0.1, 0.15) is 22.3 Å². The summed E-state index contributed by atoms with van der Waals surface area (Å²) in [7, 11) is 0. The number of rotatable bonds is 1. The second-order valence-corrected chi connectivity index (χ2v) is 10.2.